The van der Waals surface area contributed by atoms with Crippen LogP contribution in [0.2, 0.25) is 0 Å². The summed E-state index contributed by atoms with van der Waals surface area (Å²) in [6.07, 6.45) is 2.73. The smallest absolute Gasteiger partial charge is 0.222 e. The van der Waals surface area contributed by atoms with Crippen LogP contribution in [0.15, 0.2) is 54.6 Å². The topological polar surface area (TPSA) is 50.4 Å². The van der Waals surface area contributed by atoms with E-state index in [2.05, 4.69) is 10.6 Å². The van der Waals surface area contributed by atoms with Crippen molar-refractivity contribution in [2.75, 3.05) is 13.7 Å². The maximum atomic E-state index is 12.6. The van der Waals surface area contributed by atoms with Gasteiger partial charge in [0.15, 0.2) is 0 Å². The Morgan fingerprint density at radius 2 is 1.96 bits per heavy atom. The molecule has 2 atom stereocenters. The van der Waals surface area contributed by atoms with Gasteiger partial charge < -0.3 is 15.4 Å². The predicted octanol–water partition coefficient (Wildman–Crippen LogP) is 3.04. The fourth-order valence-corrected chi connectivity index (χ4v) is 3.27. The van der Waals surface area contributed by atoms with Gasteiger partial charge in [0.2, 0.25) is 5.91 Å². The van der Waals surface area contributed by atoms with Crippen LogP contribution in [-0.4, -0.2) is 25.6 Å². The van der Waals surface area contributed by atoms with Gasteiger partial charge in [-0.2, -0.15) is 0 Å². The molecule has 0 saturated carbocycles. The standard InChI is InChI=1S/C20H24N2O2/c1-24-18-12-6-5-11-17(18)20(15-8-3-2-4-9-15)22-19(23)14-16-10-7-13-21-16/h2-6,8-9,11-12,16,20-21H,7,10,13-14H2,1H3,(H,22,23). The first kappa shape index (κ1) is 16.5. The molecule has 2 aromatic rings. The Morgan fingerprint density at radius 3 is 2.67 bits per heavy atom. The lowest BCUT2D eigenvalue weighted by Gasteiger charge is -2.22. The number of hydrogen-bond donors (Lipinski definition) is 2. The van der Waals surface area contributed by atoms with Crippen LogP contribution in [0.25, 0.3) is 0 Å². The van der Waals surface area contributed by atoms with Crippen molar-refractivity contribution in [3.05, 3.63) is 65.7 Å². The second-order valence-corrected chi connectivity index (χ2v) is 6.15. The number of hydrogen-bond acceptors (Lipinski definition) is 3. The van der Waals surface area contributed by atoms with Gasteiger partial charge in [-0.3, -0.25) is 4.79 Å². The Balaban J connectivity index is 1.83. The molecule has 2 aromatic carbocycles. The molecule has 0 radical (unpaired) electrons. The first-order chi connectivity index (χ1) is 11.8. The van der Waals surface area contributed by atoms with Gasteiger partial charge in [-0.25, -0.2) is 0 Å². The summed E-state index contributed by atoms with van der Waals surface area (Å²) in [4.78, 5) is 12.6. The summed E-state index contributed by atoms with van der Waals surface area (Å²) in [6, 6.07) is 17.9. The van der Waals surface area contributed by atoms with Crippen molar-refractivity contribution < 1.29 is 9.53 Å². The molecule has 1 amide bonds. The average molecular weight is 324 g/mol. The lowest BCUT2D eigenvalue weighted by molar-refractivity contribution is -0.122. The number of carbonyl (C=O) groups excluding carboxylic acids is 1. The summed E-state index contributed by atoms with van der Waals surface area (Å²) in [6.45, 7) is 1.01. The Labute approximate surface area is 143 Å². The highest BCUT2D eigenvalue weighted by atomic mass is 16.5. The summed E-state index contributed by atoms with van der Waals surface area (Å²) in [5, 5.41) is 6.57. The number of benzene rings is 2. The molecule has 1 saturated heterocycles. The Kier molecular flexibility index (Phi) is 5.49. The van der Waals surface area contributed by atoms with Gasteiger partial charge >= 0.3 is 0 Å². The van der Waals surface area contributed by atoms with Crippen molar-refractivity contribution in [1.82, 2.24) is 10.6 Å². The van der Waals surface area contributed by atoms with Crippen LogP contribution in [0, 0.1) is 0 Å². The van der Waals surface area contributed by atoms with Gasteiger partial charge in [0.1, 0.15) is 5.75 Å². The number of ether oxygens (including phenoxy) is 1. The van der Waals surface area contributed by atoms with E-state index in [0.717, 1.165) is 36.3 Å². The van der Waals surface area contributed by atoms with Gasteiger partial charge in [-0.1, -0.05) is 48.5 Å². The van der Waals surface area contributed by atoms with Crippen molar-refractivity contribution in [3.8, 4) is 5.75 Å². The Hall–Kier alpha value is -2.33. The Morgan fingerprint density at radius 1 is 1.21 bits per heavy atom. The summed E-state index contributed by atoms with van der Waals surface area (Å²) >= 11 is 0. The molecule has 3 rings (SSSR count). The van der Waals surface area contributed by atoms with Gasteiger partial charge in [0, 0.05) is 18.0 Å². The molecule has 1 aliphatic heterocycles. The zero-order valence-electron chi connectivity index (χ0n) is 14.0. The second-order valence-electron chi connectivity index (χ2n) is 6.15. The maximum Gasteiger partial charge on any atom is 0.222 e. The van der Waals surface area contributed by atoms with Gasteiger partial charge in [0.25, 0.3) is 0 Å². The molecule has 1 heterocycles. The SMILES string of the molecule is COc1ccccc1C(NC(=O)CC1CCCN1)c1ccccc1. The monoisotopic (exact) mass is 324 g/mol. The minimum Gasteiger partial charge on any atom is -0.496 e. The van der Waals surface area contributed by atoms with Gasteiger partial charge in [-0.15, -0.1) is 0 Å². The van der Waals surface area contributed by atoms with Crippen LogP contribution in [0.1, 0.15) is 36.4 Å². The minimum atomic E-state index is -0.212. The highest BCUT2D eigenvalue weighted by Gasteiger charge is 2.23. The third-order valence-electron chi connectivity index (χ3n) is 4.48. The normalized spacial score (nSPS) is 18.1. The highest BCUT2D eigenvalue weighted by molar-refractivity contribution is 5.78. The van der Waals surface area contributed by atoms with Crippen LogP contribution < -0.4 is 15.4 Å². The molecule has 4 nitrogen and oxygen atoms in total. The number of amides is 1. The van der Waals surface area contributed by atoms with Crippen LogP contribution >= 0.6 is 0 Å². The lowest BCUT2D eigenvalue weighted by Crippen LogP contribution is -2.34. The fraction of sp³-hybridized carbons (Fsp3) is 0.350. The van der Waals surface area contributed by atoms with E-state index >= 15 is 0 Å². The molecule has 2 N–H and O–H groups in total. The quantitative estimate of drug-likeness (QED) is 0.859. The molecule has 24 heavy (non-hydrogen) atoms. The first-order valence-corrected chi connectivity index (χ1v) is 8.48. The molecule has 126 valence electrons. The zero-order chi connectivity index (χ0) is 16.8. The van der Waals surface area contributed by atoms with E-state index < -0.39 is 0 Å². The number of para-hydroxylation sites is 1. The fourth-order valence-electron chi connectivity index (χ4n) is 3.27. The number of nitrogens with one attached hydrogen (secondary N) is 2. The average Bonchev–Trinajstić information content (AvgIpc) is 3.13. The maximum absolute atomic E-state index is 12.6. The molecule has 2 unspecified atom stereocenters. The second kappa shape index (κ2) is 7.97. The number of carbonyl (C=O) groups is 1. The molecule has 0 aromatic heterocycles. The van der Waals surface area contributed by atoms with Crippen LogP contribution in [0.4, 0.5) is 0 Å². The van der Waals surface area contributed by atoms with Crippen LogP contribution in [0.5, 0.6) is 5.75 Å². The van der Waals surface area contributed by atoms with E-state index in [1.54, 1.807) is 7.11 Å². The molecule has 0 spiro atoms. The molecule has 0 aliphatic carbocycles. The van der Waals surface area contributed by atoms with Gasteiger partial charge in [-0.05, 0) is 31.0 Å². The van der Waals surface area contributed by atoms with Crippen molar-refractivity contribution in [2.45, 2.75) is 31.3 Å². The molecular formula is C20H24N2O2. The summed E-state index contributed by atoms with van der Waals surface area (Å²) in [5.41, 5.74) is 2.02. The van der Waals surface area contributed by atoms with Gasteiger partial charge in [0.05, 0.1) is 13.2 Å². The van der Waals surface area contributed by atoms with E-state index in [1.165, 1.54) is 0 Å². The molecule has 1 aliphatic rings. The highest BCUT2D eigenvalue weighted by Crippen LogP contribution is 2.30. The molecule has 0 bridgehead atoms. The van der Waals surface area contributed by atoms with E-state index in [1.807, 2.05) is 54.6 Å². The van der Waals surface area contributed by atoms with E-state index in [4.69, 9.17) is 4.74 Å². The molecule has 1 fully saturated rings. The third-order valence-corrected chi connectivity index (χ3v) is 4.48. The molecule has 4 heteroatoms. The molecular weight excluding hydrogens is 300 g/mol. The van der Waals surface area contributed by atoms with Crippen molar-refractivity contribution >= 4 is 5.91 Å². The van der Waals surface area contributed by atoms with E-state index in [0.29, 0.717) is 12.5 Å². The van der Waals surface area contributed by atoms with Crippen LogP contribution in [-0.2, 0) is 4.79 Å². The van der Waals surface area contributed by atoms with Crippen LogP contribution in [0.3, 0.4) is 0 Å². The zero-order valence-corrected chi connectivity index (χ0v) is 14.0. The number of methoxy groups -OCH3 is 1. The summed E-state index contributed by atoms with van der Waals surface area (Å²) in [7, 11) is 1.66. The summed E-state index contributed by atoms with van der Waals surface area (Å²) in [5.74, 6) is 0.847. The summed E-state index contributed by atoms with van der Waals surface area (Å²) < 4.78 is 5.50. The largest absolute Gasteiger partial charge is 0.496 e. The minimum absolute atomic E-state index is 0.0640. The van der Waals surface area contributed by atoms with E-state index in [-0.39, 0.29) is 11.9 Å². The third kappa shape index (κ3) is 3.95. The predicted molar refractivity (Wildman–Crippen MR) is 95.1 cm³/mol. The first-order valence-electron chi connectivity index (χ1n) is 8.48. The van der Waals surface area contributed by atoms with E-state index in [9.17, 15) is 4.79 Å². The Bertz CT molecular complexity index is 666. The van der Waals surface area contributed by atoms with Crippen molar-refractivity contribution in [2.24, 2.45) is 0 Å². The van der Waals surface area contributed by atoms with Crippen molar-refractivity contribution in [1.29, 1.82) is 0 Å². The van der Waals surface area contributed by atoms with Crippen molar-refractivity contribution in [3.63, 3.8) is 0 Å². The lowest BCUT2D eigenvalue weighted by atomic mass is 9.97. The number of rotatable bonds is 6.